The lowest BCUT2D eigenvalue weighted by Crippen LogP contribution is -2.19. The van der Waals surface area contributed by atoms with E-state index in [0.29, 0.717) is 5.16 Å². The van der Waals surface area contributed by atoms with Crippen LogP contribution in [0.3, 0.4) is 0 Å². The molecule has 6 heteroatoms. The summed E-state index contributed by atoms with van der Waals surface area (Å²) in [4.78, 5) is 24.5. The van der Waals surface area contributed by atoms with Crippen LogP contribution in [-0.4, -0.2) is 25.8 Å². The molecule has 1 heterocycles. The van der Waals surface area contributed by atoms with E-state index in [1.165, 1.54) is 11.8 Å². The number of aryl methyl sites for hydroxylation is 2. The Bertz CT molecular complexity index is 774. The number of aromatic amines is 1. The largest absolute Gasteiger partial charge is 0.344 e. The zero-order valence-corrected chi connectivity index (χ0v) is 13.7. The summed E-state index contributed by atoms with van der Waals surface area (Å²) in [6.45, 7) is 5.79. The van der Waals surface area contributed by atoms with E-state index >= 15 is 0 Å². The molecule has 1 aliphatic rings. The van der Waals surface area contributed by atoms with Crippen LogP contribution in [0.25, 0.3) is 0 Å². The lowest BCUT2D eigenvalue weighted by molar-refractivity contribution is 0.0993. The van der Waals surface area contributed by atoms with Gasteiger partial charge in [0.2, 0.25) is 0 Å². The first kappa shape index (κ1) is 15.1. The first-order valence-corrected chi connectivity index (χ1v) is 8.30. The van der Waals surface area contributed by atoms with Crippen LogP contribution >= 0.6 is 11.8 Å². The molecule has 116 valence electrons. The molecule has 1 aromatic heterocycles. The monoisotopic (exact) mass is 317 g/mol. The number of hydrogen-bond donors (Lipinski definition) is 1. The van der Waals surface area contributed by atoms with Gasteiger partial charge in [0.1, 0.15) is 0 Å². The SMILES string of the molecule is Cc1ccc(C)c(C(=O)C(C)Sc2n[nH]c(=O)n2C2CC2)c1. The summed E-state index contributed by atoms with van der Waals surface area (Å²) in [5.41, 5.74) is 2.61. The first-order valence-electron chi connectivity index (χ1n) is 7.42. The molecular formula is C16H19N3O2S. The third-order valence-corrected chi connectivity index (χ3v) is 4.96. The Morgan fingerprint density at radius 1 is 1.41 bits per heavy atom. The van der Waals surface area contributed by atoms with Crippen LogP contribution in [-0.2, 0) is 0 Å². The van der Waals surface area contributed by atoms with Crippen molar-refractivity contribution in [2.24, 2.45) is 0 Å². The average molecular weight is 317 g/mol. The van der Waals surface area contributed by atoms with E-state index in [1.807, 2.05) is 39.0 Å². The second-order valence-corrected chi connectivity index (χ2v) is 7.16. The number of H-pyrrole nitrogens is 1. The van der Waals surface area contributed by atoms with Gasteiger partial charge in [-0.15, -0.1) is 5.10 Å². The van der Waals surface area contributed by atoms with E-state index in [4.69, 9.17) is 0 Å². The Morgan fingerprint density at radius 3 is 2.82 bits per heavy atom. The fourth-order valence-electron chi connectivity index (χ4n) is 2.46. The minimum atomic E-state index is -0.284. The van der Waals surface area contributed by atoms with Crippen molar-refractivity contribution in [1.29, 1.82) is 0 Å². The van der Waals surface area contributed by atoms with Crippen LogP contribution in [0.1, 0.15) is 47.3 Å². The van der Waals surface area contributed by atoms with E-state index in [2.05, 4.69) is 10.2 Å². The van der Waals surface area contributed by atoms with Crippen molar-refractivity contribution in [2.75, 3.05) is 0 Å². The zero-order valence-electron chi connectivity index (χ0n) is 12.9. The maximum absolute atomic E-state index is 12.7. The number of nitrogens with zero attached hydrogens (tertiary/aromatic N) is 2. The van der Waals surface area contributed by atoms with Gasteiger partial charge in [-0.05, 0) is 45.2 Å². The molecular weight excluding hydrogens is 298 g/mol. The fourth-order valence-corrected chi connectivity index (χ4v) is 3.45. The normalized spacial score (nSPS) is 15.8. The predicted octanol–water partition coefficient (Wildman–Crippen LogP) is 2.89. The van der Waals surface area contributed by atoms with Crippen molar-refractivity contribution in [3.63, 3.8) is 0 Å². The number of carbonyl (C=O) groups excluding carboxylic acids is 1. The van der Waals surface area contributed by atoms with Crippen LogP contribution in [0.2, 0.25) is 0 Å². The van der Waals surface area contributed by atoms with Gasteiger partial charge in [0.15, 0.2) is 10.9 Å². The maximum Gasteiger partial charge on any atom is 0.344 e. The number of carbonyl (C=O) groups is 1. The summed E-state index contributed by atoms with van der Waals surface area (Å²) in [6.07, 6.45) is 2.01. The van der Waals surface area contributed by atoms with Gasteiger partial charge in [0.05, 0.1) is 5.25 Å². The summed E-state index contributed by atoms with van der Waals surface area (Å²) in [6, 6.07) is 6.14. The quantitative estimate of drug-likeness (QED) is 0.680. The Labute approximate surface area is 133 Å². The second kappa shape index (κ2) is 5.76. The second-order valence-electron chi connectivity index (χ2n) is 5.86. The molecule has 22 heavy (non-hydrogen) atoms. The molecule has 3 rings (SSSR count). The molecule has 0 radical (unpaired) electrons. The van der Waals surface area contributed by atoms with Crippen LogP contribution in [0.5, 0.6) is 0 Å². The highest BCUT2D eigenvalue weighted by Gasteiger charge is 2.30. The summed E-state index contributed by atoms with van der Waals surface area (Å²) >= 11 is 1.35. The molecule has 1 aliphatic carbocycles. The maximum atomic E-state index is 12.7. The molecule has 5 nitrogen and oxygen atoms in total. The predicted molar refractivity (Wildman–Crippen MR) is 86.7 cm³/mol. The lowest BCUT2D eigenvalue weighted by atomic mass is 10.0. The number of benzene rings is 1. The van der Waals surface area contributed by atoms with Crippen molar-refractivity contribution in [1.82, 2.24) is 14.8 Å². The number of ketones is 1. The Kier molecular flexibility index (Phi) is 3.95. The average Bonchev–Trinajstić information content (AvgIpc) is 3.25. The van der Waals surface area contributed by atoms with Gasteiger partial charge in [-0.2, -0.15) is 0 Å². The van der Waals surface area contributed by atoms with Crippen molar-refractivity contribution in [3.05, 3.63) is 45.4 Å². The third kappa shape index (κ3) is 2.88. The smallest absolute Gasteiger partial charge is 0.293 e. The van der Waals surface area contributed by atoms with E-state index in [9.17, 15) is 9.59 Å². The van der Waals surface area contributed by atoms with E-state index in [1.54, 1.807) is 4.57 Å². The van der Waals surface area contributed by atoms with Crippen LogP contribution in [0, 0.1) is 13.8 Å². The van der Waals surface area contributed by atoms with E-state index in [0.717, 1.165) is 29.5 Å². The van der Waals surface area contributed by atoms with Gasteiger partial charge in [0, 0.05) is 11.6 Å². The third-order valence-electron chi connectivity index (χ3n) is 3.89. The highest BCUT2D eigenvalue weighted by Crippen LogP contribution is 2.37. The molecule has 2 aromatic rings. The van der Waals surface area contributed by atoms with Crippen molar-refractivity contribution in [2.45, 2.75) is 50.1 Å². The molecule has 0 bridgehead atoms. The molecule has 1 atom stereocenters. The fraction of sp³-hybridized carbons (Fsp3) is 0.438. The Morgan fingerprint density at radius 2 is 2.14 bits per heavy atom. The topological polar surface area (TPSA) is 67.8 Å². The molecule has 1 saturated carbocycles. The number of hydrogen-bond acceptors (Lipinski definition) is 4. The molecule has 0 amide bonds. The van der Waals surface area contributed by atoms with Crippen molar-refractivity contribution >= 4 is 17.5 Å². The van der Waals surface area contributed by atoms with Gasteiger partial charge < -0.3 is 0 Å². The summed E-state index contributed by atoms with van der Waals surface area (Å²) in [7, 11) is 0. The summed E-state index contributed by atoms with van der Waals surface area (Å²) in [5.74, 6) is 0.0731. The van der Waals surface area contributed by atoms with Crippen LogP contribution < -0.4 is 5.69 Å². The van der Waals surface area contributed by atoms with Gasteiger partial charge >= 0.3 is 5.69 Å². The summed E-state index contributed by atoms with van der Waals surface area (Å²) < 4.78 is 1.68. The summed E-state index contributed by atoms with van der Waals surface area (Å²) in [5, 5.41) is 6.88. The molecule has 0 spiro atoms. The standard InChI is InChI=1S/C16H19N3O2S/c1-9-4-5-10(2)13(8-9)14(20)11(3)22-16-18-17-15(21)19(16)12-6-7-12/h4-5,8,11-12H,6-7H2,1-3H3,(H,17,21). The Balaban J connectivity index is 1.82. The van der Waals surface area contributed by atoms with Crippen molar-refractivity contribution < 1.29 is 4.79 Å². The van der Waals surface area contributed by atoms with E-state index < -0.39 is 0 Å². The number of rotatable bonds is 5. The minimum Gasteiger partial charge on any atom is -0.293 e. The molecule has 1 unspecified atom stereocenters. The number of Topliss-reactive ketones (excluding diaryl/α,β-unsaturated/α-hetero) is 1. The zero-order chi connectivity index (χ0) is 15.9. The number of aromatic nitrogens is 3. The van der Waals surface area contributed by atoms with Gasteiger partial charge in [-0.1, -0.05) is 29.5 Å². The molecule has 1 aromatic carbocycles. The molecule has 1 fully saturated rings. The van der Waals surface area contributed by atoms with Crippen LogP contribution in [0.15, 0.2) is 28.2 Å². The van der Waals surface area contributed by atoms with Crippen LogP contribution in [0.4, 0.5) is 0 Å². The Hall–Kier alpha value is -1.82. The highest BCUT2D eigenvalue weighted by atomic mass is 32.2. The number of thioether (sulfide) groups is 1. The van der Waals surface area contributed by atoms with Gasteiger partial charge in [-0.3, -0.25) is 9.36 Å². The van der Waals surface area contributed by atoms with Crippen molar-refractivity contribution in [3.8, 4) is 0 Å². The first-order chi connectivity index (χ1) is 10.5. The highest BCUT2D eigenvalue weighted by molar-refractivity contribution is 8.00. The minimum absolute atomic E-state index is 0.0731. The van der Waals surface area contributed by atoms with Gasteiger partial charge in [-0.25, -0.2) is 9.89 Å². The molecule has 0 aliphatic heterocycles. The lowest BCUT2D eigenvalue weighted by Gasteiger charge is -2.12. The molecule has 0 saturated heterocycles. The van der Waals surface area contributed by atoms with Gasteiger partial charge in [0.25, 0.3) is 0 Å². The number of nitrogens with one attached hydrogen (secondary N) is 1. The molecule has 1 N–H and O–H groups in total. The van der Waals surface area contributed by atoms with E-state index in [-0.39, 0.29) is 22.8 Å².